The number of carbonyl (C=O) groups is 3. The lowest BCUT2D eigenvalue weighted by Crippen LogP contribution is -2.33. The van der Waals surface area contributed by atoms with Crippen molar-refractivity contribution in [1.29, 1.82) is 0 Å². The van der Waals surface area contributed by atoms with Gasteiger partial charge in [0.2, 0.25) is 5.91 Å². The minimum atomic E-state index is -0.302. The number of rotatable bonds is 15. The molecule has 0 bridgehead atoms. The Balaban J connectivity index is 1.29. The highest BCUT2D eigenvalue weighted by Crippen LogP contribution is 2.15. The van der Waals surface area contributed by atoms with E-state index in [1.165, 1.54) is 12.2 Å². The van der Waals surface area contributed by atoms with Gasteiger partial charge in [0.05, 0.1) is 65.8 Å². The third-order valence-corrected chi connectivity index (χ3v) is 4.71. The highest BCUT2D eigenvalue weighted by Gasteiger charge is 2.23. The molecule has 1 fully saturated rings. The zero-order valence-corrected chi connectivity index (χ0v) is 17.2. The van der Waals surface area contributed by atoms with Crippen molar-refractivity contribution < 1.29 is 33.3 Å². The molecule has 1 atom stereocenters. The van der Waals surface area contributed by atoms with Crippen LogP contribution in [0.4, 0.5) is 0 Å². The van der Waals surface area contributed by atoms with Gasteiger partial charge in [0.25, 0.3) is 11.8 Å². The summed E-state index contributed by atoms with van der Waals surface area (Å²) in [6.07, 6.45) is 4.02. The Kier molecular flexibility index (Phi) is 10.9. The van der Waals surface area contributed by atoms with Crippen LogP contribution in [0.15, 0.2) is 12.2 Å². The maximum absolute atomic E-state index is 11.9. The fraction of sp³-hybridized carbons (Fsp3) is 0.750. The predicted molar refractivity (Wildman–Crippen MR) is 104 cm³/mol. The molecule has 0 saturated carbocycles. The molecule has 2 heterocycles. The fourth-order valence-corrected chi connectivity index (χ4v) is 3.05. The van der Waals surface area contributed by atoms with E-state index in [-0.39, 0.29) is 30.9 Å². The van der Waals surface area contributed by atoms with Gasteiger partial charge < -0.3 is 23.8 Å². The molecule has 3 amide bonds. The first-order chi connectivity index (χ1) is 14.1. The normalized spacial score (nSPS) is 19.0. The Hall–Kier alpha value is -1.81. The second-order valence-corrected chi connectivity index (χ2v) is 7.09. The predicted octanol–water partition coefficient (Wildman–Crippen LogP) is 0.236. The third-order valence-electron chi connectivity index (χ3n) is 4.71. The van der Waals surface area contributed by atoms with Crippen LogP contribution in [-0.2, 0) is 33.3 Å². The molecule has 1 unspecified atom stereocenters. The standard InChI is InChI=1S/C20H32N2O7/c1-17-4-6-21(16-17)18(23)5-8-26-10-12-28-14-15-29-13-11-27-9-7-22-19(24)2-3-20(22)25/h2-3,17H,4-16H2,1H3. The highest BCUT2D eigenvalue weighted by molar-refractivity contribution is 6.12. The lowest BCUT2D eigenvalue weighted by molar-refractivity contribution is -0.137. The molecule has 0 aromatic rings. The van der Waals surface area contributed by atoms with Crippen LogP contribution >= 0.6 is 0 Å². The molecule has 9 nitrogen and oxygen atoms in total. The number of imide groups is 1. The topological polar surface area (TPSA) is 94.6 Å². The van der Waals surface area contributed by atoms with Crippen LogP contribution in [0.1, 0.15) is 19.8 Å². The van der Waals surface area contributed by atoms with Crippen molar-refractivity contribution in [2.24, 2.45) is 5.92 Å². The first-order valence-electron chi connectivity index (χ1n) is 10.2. The molecule has 1 saturated heterocycles. The highest BCUT2D eigenvalue weighted by atomic mass is 16.6. The summed E-state index contributed by atoms with van der Waals surface area (Å²) in [6, 6.07) is 0. The van der Waals surface area contributed by atoms with Crippen molar-refractivity contribution in [3.05, 3.63) is 12.2 Å². The van der Waals surface area contributed by atoms with Crippen LogP contribution < -0.4 is 0 Å². The van der Waals surface area contributed by atoms with Crippen LogP contribution in [-0.4, -0.2) is 100 Å². The number of likely N-dealkylation sites (tertiary alicyclic amines) is 1. The molecule has 0 aliphatic carbocycles. The van der Waals surface area contributed by atoms with Gasteiger partial charge in [-0.2, -0.15) is 0 Å². The van der Waals surface area contributed by atoms with Gasteiger partial charge in [0, 0.05) is 25.2 Å². The second-order valence-electron chi connectivity index (χ2n) is 7.09. The molecule has 0 radical (unpaired) electrons. The van der Waals surface area contributed by atoms with Crippen LogP contribution in [0.25, 0.3) is 0 Å². The molecule has 164 valence electrons. The largest absolute Gasteiger partial charge is 0.379 e. The van der Waals surface area contributed by atoms with Crippen molar-refractivity contribution in [3.8, 4) is 0 Å². The number of hydrogen-bond donors (Lipinski definition) is 0. The summed E-state index contributed by atoms with van der Waals surface area (Å²) >= 11 is 0. The van der Waals surface area contributed by atoms with E-state index < -0.39 is 0 Å². The quantitative estimate of drug-likeness (QED) is 0.281. The van der Waals surface area contributed by atoms with Gasteiger partial charge in [-0.3, -0.25) is 19.3 Å². The number of ether oxygens (including phenoxy) is 4. The molecule has 2 aliphatic rings. The van der Waals surface area contributed by atoms with E-state index in [1.807, 2.05) is 4.90 Å². The van der Waals surface area contributed by atoms with Crippen molar-refractivity contribution >= 4 is 17.7 Å². The van der Waals surface area contributed by atoms with Crippen molar-refractivity contribution in [2.45, 2.75) is 19.8 Å². The molecule has 29 heavy (non-hydrogen) atoms. The first-order valence-corrected chi connectivity index (χ1v) is 10.2. The number of amides is 3. The van der Waals surface area contributed by atoms with Gasteiger partial charge in [-0.1, -0.05) is 6.92 Å². The Bertz CT molecular complexity index is 549. The summed E-state index contributed by atoms with van der Waals surface area (Å²) in [7, 11) is 0. The van der Waals surface area contributed by atoms with E-state index in [0.717, 1.165) is 24.4 Å². The average Bonchev–Trinajstić information content (AvgIpc) is 3.28. The maximum Gasteiger partial charge on any atom is 0.253 e. The summed E-state index contributed by atoms with van der Waals surface area (Å²) in [5.41, 5.74) is 0. The molecular formula is C20H32N2O7. The maximum atomic E-state index is 11.9. The lowest BCUT2D eigenvalue weighted by atomic mass is 10.2. The molecule has 2 aliphatic heterocycles. The average molecular weight is 412 g/mol. The van der Waals surface area contributed by atoms with Crippen LogP contribution in [0.3, 0.4) is 0 Å². The van der Waals surface area contributed by atoms with E-state index in [2.05, 4.69) is 6.92 Å². The smallest absolute Gasteiger partial charge is 0.253 e. The van der Waals surface area contributed by atoms with Gasteiger partial charge >= 0.3 is 0 Å². The van der Waals surface area contributed by atoms with Crippen molar-refractivity contribution in [2.75, 3.05) is 72.5 Å². The lowest BCUT2D eigenvalue weighted by Gasteiger charge is -2.15. The number of carbonyl (C=O) groups excluding carboxylic acids is 3. The zero-order chi connectivity index (χ0) is 20.9. The molecule has 0 N–H and O–H groups in total. The second kappa shape index (κ2) is 13.4. The van der Waals surface area contributed by atoms with E-state index >= 15 is 0 Å². The van der Waals surface area contributed by atoms with Gasteiger partial charge in [0.15, 0.2) is 0 Å². The Morgan fingerprint density at radius 2 is 1.41 bits per heavy atom. The minimum absolute atomic E-state index is 0.168. The van der Waals surface area contributed by atoms with E-state index in [4.69, 9.17) is 18.9 Å². The van der Waals surface area contributed by atoms with E-state index in [1.54, 1.807) is 0 Å². The molecule has 0 aromatic heterocycles. The molecule has 9 heteroatoms. The molecule has 2 rings (SSSR count). The summed E-state index contributed by atoms with van der Waals surface area (Å²) < 4.78 is 21.5. The SMILES string of the molecule is CC1CCN(C(=O)CCOCCOCCOCCOCCN2C(=O)C=CC2=O)C1. The monoisotopic (exact) mass is 412 g/mol. The van der Waals surface area contributed by atoms with E-state index in [9.17, 15) is 14.4 Å². The Morgan fingerprint density at radius 3 is 1.93 bits per heavy atom. The van der Waals surface area contributed by atoms with Crippen LogP contribution in [0, 0.1) is 5.92 Å². The number of nitrogens with zero attached hydrogens (tertiary/aromatic N) is 2. The van der Waals surface area contributed by atoms with E-state index in [0.29, 0.717) is 58.6 Å². The Morgan fingerprint density at radius 1 is 0.897 bits per heavy atom. The summed E-state index contributed by atoms with van der Waals surface area (Å²) in [5.74, 6) is 0.166. The van der Waals surface area contributed by atoms with Crippen LogP contribution in [0.2, 0.25) is 0 Å². The van der Waals surface area contributed by atoms with Crippen LogP contribution in [0.5, 0.6) is 0 Å². The summed E-state index contributed by atoms with van der Waals surface area (Å²) in [6.45, 7) is 7.46. The molecule has 0 spiro atoms. The molecular weight excluding hydrogens is 380 g/mol. The fourth-order valence-electron chi connectivity index (χ4n) is 3.05. The minimum Gasteiger partial charge on any atom is -0.379 e. The Labute approximate surface area is 171 Å². The van der Waals surface area contributed by atoms with Gasteiger partial charge in [-0.25, -0.2) is 0 Å². The van der Waals surface area contributed by atoms with Crippen molar-refractivity contribution in [1.82, 2.24) is 9.80 Å². The molecule has 0 aromatic carbocycles. The van der Waals surface area contributed by atoms with Gasteiger partial charge in [-0.05, 0) is 12.3 Å². The van der Waals surface area contributed by atoms with Gasteiger partial charge in [-0.15, -0.1) is 0 Å². The zero-order valence-electron chi connectivity index (χ0n) is 17.2. The number of hydrogen-bond acceptors (Lipinski definition) is 7. The summed E-state index contributed by atoms with van der Waals surface area (Å²) in [4.78, 5) is 37.6. The van der Waals surface area contributed by atoms with Crippen molar-refractivity contribution in [3.63, 3.8) is 0 Å². The first kappa shape index (κ1) is 23.5. The third kappa shape index (κ3) is 9.03. The van der Waals surface area contributed by atoms with Gasteiger partial charge in [0.1, 0.15) is 0 Å². The summed E-state index contributed by atoms with van der Waals surface area (Å²) in [5, 5.41) is 0.